The number of piperidine rings is 2. The van der Waals surface area contributed by atoms with Crippen LogP contribution in [0.1, 0.15) is 49.7 Å². The molecule has 330 valence electrons. The number of methoxy groups -OCH3 is 1. The Kier molecular flexibility index (Phi) is 13.3. The van der Waals surface area contributed by atoms with Crippen molar-refractivity contribution in [3.63, 3.8) is 0 Å². The van der Waals surface area contributed by atoms with E-state index < -0.39 is 7.14 Å². The van der Waals surface area contributed by atoms with Gasteiger partial charge in [0, 0.05) is 87.8 Å². The lowest BCUT2D eigenvalue weighted by Gasteiger charge is -2.40. The van der Waals surface area contributed by atoms with Crippen LogP contribution in [0.2, 0.25) is 0 Å². The molecule has 63 heavy (non-hydrogen) atoms. The molecule has 2 aromatic heterocycles. The zero-order valence-electron chi connectivity index (χ0n) is 35.9. The zero-order valence-corrected chi connectivity index (χ0v) is 38.4. The molecule has 1 unspecified atom stereocenters. The number of benzene rings is 3. The summed E-state index contributed by atoms with van der Waals surface area (Å²) in [6.07, 6.45) is 8.53. The number of imide groups is 1. The Labute approximate surface area is 375 Å². The van der Waals surface area contributed by atoms with E-state index in [-0.39, 0.29) is 29.6 Å². The fourth-order valence-electron chi connectivity index (χ4n) is 8.60. The van der Waals surface area contributed by atoms with Crippen molar-refractivity contribution in [1.82, 2.24) is 35.9 Å². The van der Waals surface area contributed by atoms with Gasteiger partial charge in [0.1, 0.15) is 24.2 Å². The quantitative estimate of drug-likeness (QED) is 0.0479. The molecule has 3 aliphatic heterocycles. The number of carbonyl (C=O) groups is 3. The van der Waals surface area contributed by atoms with Crippen LogP contribution in [-0.2, 0) is 25.4 Å². The maximum Gasteiger partial charge on any atom is 0.234 e. The van der Waals surface area contributed by atoms with Gasteiger partial charge in [0.2, 0.25) is 23.7 Å². The third-order valence-electron chi connectivity index (χ3n) is 12.0. The van der Waals surface area contributed by atoms with E-state index in [1.165, 1.54) is 5.56 Å². The van der Waals surface area contributed by atoms with Gasteiger partial charge in [0.05, 0.1) is 45.6 Å². The summed E-state index contributed by atoms with van der Waals surface area (Å²) in [7, 11) is -1.12. The number of rotatable bonds is 15. The van der Waals surface area contributed by atoms with E-state index in [0.717, 1.165) is 55.0 Å². The minimum Gasteiger partial charge on any atom is -0.494 e. The van der Waals surface area contributed by atoms with E-state index in [9.17, 15) is 18.9 Å². The Morgan fingerprint density at radius 3 is 2.41 bits per heavy atom. The number of nitrogens with one attached hydrogen (secondary N) is 5. The van der Waals surface area contributed by atoms with Crippen molar-refractivity contribution in [2.75, 3.05) is 80.1 Å². The molecule has 0 saturated carbocycles. The van der Waals surface area contributed by atoms with Crippen LogP contribution in [0.25, 0.3) is 11.0 Å². The number of ether oxygens (including phenoxy) is 1. The summed E-state index contributed by atoms with van der Waals surface area (Å²) in [4.78, 5) is 59.5. The average Bonchev–Trinajstić information content (AvgIpc) is 3.25. The van der Waals surface area contributed by atoms with Crippen molar-refractivity contribution in [3.05, 3.63) is 82.7 Å². The minimum absolute atomic E-state index is 0.0592. The molecule has 0 spiro atoms. The molecule has 8 rings (SSSR count). The molecule has 3 aliphatic rings. The summed E-state index contributed by atoms with van der Waals surface area (Å²) in [6, 6.07) is 16.1. The predicted octanol–water partition coefficient (Wildman–Crippen LogP) is 5.82. The Hall–Kier alpha value is -5.64. The van der Waals surface area contributed by atoms with Gasteiger partial charge in [-0.05, 0) is 96.4 Å². The van der Waals surface area contributed by atoms with Crippen LogP contribution < -0.4 is 46.4 Å². The lowest BCUT2D eigenvalue weighted by molar-refractivity contribution is -0.134. The number of anilines is 6. The first-order chi connectivity index (χ1) is 30.4. The monoisotopic (exact) mass is 937 g/mol. The number of fused-ring (bicyclic) bond motifs is 1. The van der Waals surface area contributed by atoms with Crippen molar-refractivity contribution in [3.8, 4) is 5.75 Å². The van der Waals surface area contributed by atoms with Crippen molar-refractivity contribution in [2.24, 2.45) is 5.92 Å². The first-order valence-electron chi connectivity index (χ1n) is 21.4. The van der Waals surface area contributed by atoms with E-state index in [1.54, 1.807) is 39.0 Å². The van der Waals surface area contributed by atoms with E-state index in [2.05, 4.69) is 86.3 Å². The Morgan fingerprint density at radius 1 is 0.937 bits per heavy atom. The highest BCUT2D eigenvalue weighted by atomic mass is 79.9. The van der Waals surface area contributed by atoms with Crippen molar-refractivity contribution in [1.29, 1.82) is 0 Å². The fraction of sp³-hybridized carbons (Fsp3) is 0.400. The van der Waals surface area contributed by atoms with E-state index >= 15 is 0 Å². The molecule has 3 saturated heterocycles. The topological polar surface area (TPSA) is 196 Å². The Balaban J connectivity index is 0.813. The lowest BCUT2D eigenvalue weighted by atomic mass is 9.90. The molecule has 5 aromatic rings. The van der Waals surface area contributed by atoms with Crippen molar-refractivity contribution in [2.45, 2.75) is 51.0 Å². The van der Waals surface area contributed by atoms with Crippen LogP contribution in [0.4, 0.5) is 34.5 Å². The molecule has 16 nitrogen and oxygen atoms in total. The van der Waals surface area contributed by atoms with Gasteiger partial charge in [-0.3, -0.25) is 29.7 Å². The van der Waals surface area contributed by atoms with Crippen LogP contribution in [0.5, 0.6) is 5.75 Å². The molecule has 3 amide bonds. The molecule has 5 heterocycles. The van der Waals surface area contributed by atoms with Gasteiger partial charge in [-0.2, -0.15) is 4.98 Å². The molecule has 1 atom stereocenters. The van der Waals surface area contributed by atoms with Gasteiger partial charge in [0.25, 0.3) is 0 Å². The molecule has 18 heteroatoms. The number of amides is 3. The SMILES string of the molecule is CCc1cc(Nc2ncc(Br)c(Nc3ccc4nccnc4c3P(C)(C)=O)n2)c(OC)cc1N1CCC(NCCNC(=O)C2CN(c3ccc(C4CCC(=O)NC4=O)cc3)C2)CC1. The number of aryl methyl sites for hydroxylation is 1. The number of halogens is 1. The van der Waals surface area contributed by atoms with E-state index in [0.29, 0.717) is 89.1 Å². The van der Waals surface area contributed by atoms with Crippen LogP contribution in [-0.4, -0.2) is 103 Å². The Bertz CT molecular complexity index is 2560. The molecule has 0 bridgehead atoms. The highest BCUT2D eigenvalue weighted by Crippen LogP contribution is 2.42. The number of carbonyl (C=O) groups excluding carboxylic acids is 3. The maximum absolute atomic E-state index is 13.5. The number of hydrogen-bond acceptors (Lipinski definition) is 14. The normalized spacial score (nSPS) is 17.3. The summed E-state index contributed by atoms with van der Waals surface area (Å²) in [6.45, 7) is 9.93. The summed E-state index contributed by atoms with van der Waals surface area (Å²) in [5, 5.41) is 16.5. The second-order valence-electron chi connectivity index (χ2n) is 16.6. The zero-order chi connectivity index (χ0) is 44.3. The van der Waals surface area contributed by atoms with Crippen LogP contribution in [0, 0.1) is 5.92 Å². The number of hydrogen-bond donors (Lipinski definition) is 5. The first kappa shape index (κ1) is 44.0. The molecule has 3 aromatic carbocycles. The smallest absolute Gasteiger partial charge is 0.234 e. The predicted molar refractivity (Wildman–Crippen MR) is 251 cm³/mol. The summed E-state index contributed by atoms with van der Waals surface area (Å²) in [5.74, 6) is 0.786. The number of aromatic nitrogens is 4. The number of nitrogens with zero attached hydrogens (tertiary/aromatic N) is 6. The minimum atomic E-state index is -2.78. The lowest BCUT2D eigenvalue weighted by Crippen LogP contribution is -2.54. The van der Waals surface area contributed by atoms with Crippen LogP contribution in [0.15, 0.2) is 71.6 Å². The second-order valence-corrected chi connectivity index (χ2v) is 20.6. The van der Waals surface area contributed by atoms with Gasteiger partial charge in [0.15, 0.2) is 0 Å². The highest BCUT2D eigenvalue weighted by Gasteiger charge is 2.34. The summed E-state index contributed by atoms with van der Waals surface area (Å²) >= 11 is 3.58. The highest BCUT2D eigenvalue weighted by molar-refractivity contribution is 9.10. The van der Waals surface area contributed by atoms with Crippen LogP contribution in [0.3, 0.4) is 0 Å². The molecule has 0 aliphatic carbocycles. The second kappa shape index (κ2) is 19.0. The van der Waals surface area contributed by atoms with Gasteiger partial charge in [-0.25, -0.2) is 4.98 Å². The van der Waals surface area contributed by atoms with Gasteiger partial charge in [-0.1, -0.05) is 19.1 Å². The molecule has 3 fully saturated rings. The molecular weight excluding hydrogens is 885 g/mol. The first-order valence-corrected chi connectivity index (χ1v) is 24.8. The Morgan fingerprint density at radius 2 is 1.70 bits per heavy atom. The third-order valence-corrected chi connectivity index (χ3v) is 14.1. The maximum atomic E-state index is 13.5. The van der Waals surface area contributed by atoms with Crippen LogP contribution >= 0.6 is 23.1 Å². The van der Waals surface area contributed by atoms with Crippen molar-refractivity contribution < 1.29 is 23.7 Å². The molecule has 5 N–H and O–H groups in total. The molecule has 0 radical (unpaired) electrons. The summed E-state index contributed by atoms with van der Waals surface area (Å²) < 4.78 is 20.0. The van der Waals surface area contributed by atoms with Gasteiger partial charge in [-0.15, -0.1) is 0 Å². The van der Waals surface area contributed by atoms with Crippen molar-refractivity contribution >= 4 is 91.6 Å². The third kappa shape index (κ3) is 9.95. The summed E-state index contributed by atoms with van der Waals surface area (Å²) in [5.41, 5.74) is 6.87. The van der Waals surface area contributed by atoms with E-state index in [1.807, 2.05) is 36.4 Å². The largest absolute Gasteiger partial charge is 0.494 e. The van der Waals surface area contributed by atoms with Gasteiger partial charge < -0.3 is 40.4 Å². The van der Waals surface area contributed by atoms with E-state index in [4.69, 9.17) is 9.72 Å². The molecular formula is C45H53BrN11O5P. The van der Waals surface area contributed by atoms with Gasteiger partial charge >= 0.3 is 0 Å². The standard InChI is InChI=1S/C45H53BrN11O5P/c1-5-27-22-36(53-45-51-24-33(46)42(55-45)52-35-12-11-34-40(49-18-17-48-34)41(35)63(3,4)61)38(62-2)23-37(27)56-20-14-30(15-21-56)47-16-19-50-43(59)29-25-57(26-29)31-8-6-28(7-9-31)32-10-13-39(58)54-44(32)60/h6-9,11-12,17-18,22-24,29-30,32,47H,5,10,13-16,19-21,25-26H2,1-4H3,(H,50,59)(H,54,58,60)(H2,51,52,53,55). The average molecular weight is 939 g/mol. The fourth-order valence-corrected chi connectivity index (χ4v) is 10.3.